The van der Waals surface area contributed by atoms with Crippen molar-refractivity contribution in [2.75, 3.05) is 13.1 Å². The van der Waals surface area contributed by atoms with Gasteiger partial charge in [0.1, 0.15) is 17.2 Å². The molecule has 5 nitrogen and oxygen atoms in total. The SMILES string of the molecule is CCCc1ncc2c(n1)COC21CN(C(=O)c2cc(Cl)ccc2F)C1. The van der Waals surface area contributed by atoms with E-state index < -0.39 is 11.4 Å². The van der Waals surface area contributed by atoms with Gasteiger partial charge in [0.05, 0.1) is 31.0 Å². The van der Waals surface area contributed by atoms with Crippen LogP contribution in [0.15, 0.2) is 24.4 Å². The van der Waals surface area contributed by atoms with Crippen molar-refractivity contribution < 1.29 is 13.9 Å². The summed E-state index contributed by atoms with van der Waals surface area (Å²) < 4.78 is 19.8. The highest BCUT2D eigenvalue weighted by Crippen LogP contribution is 2.43. The standard InChI is InChI=1S/C18H17ClFN3O2/c1-2-3-16-21-7-13-15(22-16)8-25-18(13)9-23(10-18)17(24)12-6-11(19)4-5-14(12)20/h4-7H,2-3,8-10H2,1H3. The van der Waals surface area contributed by atoms with Crippen LogP contribution in [-0.4, -0.2) is 33.9 Å². The normalized spacial score (nSPS) is 17.5. The van der Waals surface area contributed by atoms with Gasteiger partial charge in [-0.25, -0.2) is 14.4 Å². The third kappa shape index (κ3) is 2.69. The van der Waals surface area contributed by atoms with Crippen molar-refractivity contribution in [3.63, 3.8) is 0 Å². The predicted molar refractivity (Wildman–Crippen MR) is 89.8 cm³/mol. The van der Waals surface area contributed by atoms with Gasteiger partial charge in [0.2, 0.25) is 0 Å². The molecule has 1 amide bonds. The van der Waals surface area contributed by atoms with E-state index in [-0.39, 0.29) is 11.5 Å². The van der Waals surface area contributed by atoms with Crippen LogP contribution in [-0.2, 0) is 23.4 Å². The number of carbonyl (C=O) groups excluding carboxylic acids is 1. The predicted octanol–water partition coefficient (Wildman–Crippen LogP) is 3.10. The second-order valence-corrected chi connectivity index (χ2v) is 6.90. The van der Waals surface area contributed by atoms with Crippen molar-refractivity contribution in [1.82, 2.24) is 14.9 Å². The second-order valence-electron chi connectivity index (χ2n) is 6.46. The van der Waals surface area contributed by atoms with Gasteiger partial charge < -0.3 is 9.64 Å². The van der Waals surface area contributed by atoms with Gasteiger partial charge in [0.15, 0.2) is 0 Å². The number of benzene rings is 1. The molecule has 0 N–H and O–H groups in total. The Hall–Kier alpha value is -2.05. The van der Waals surface area contributed by atoms with Gasteiger partial charge in [-0.2, -0.15) is 0 Å². The molecule has 1 saturated heterocycles. The minimum atomic E-state index is -0.573. The lowest BCUT2D eigenvalue weighted by atomic mass is 9.87. The van der Waals surface area contributed by atoms with Crippen molar-refractivity contribution in [2.24, 2.45) is 0 Å². The highest BCUT2D eigenvalue weighted by molar-refractivity contribution is 6.31. The number of fused-ring (bicyclic) bond motifs is 2. The number of carbonyl (C=O) groups is 1. The van der Waals surface area contributed by atoms with Gasteiger partial charge in [0, 0.05) is 23.2 Å². The molecule has 3 heterocycles. The number of nitrogens with zero attached hydrogens (tertiary/aromatic N) is 3. The van der Waals surface area contributed by atoms with Crippen molar-refractivity contribution >= 4 is 17.5 Å². The van der Waals surface area contributed by atoms with Crippen LogP contribution < -0.4 is 0 Å². The highest BCUT2D eigenvalue weighted by atomic mass is 35.5. The first-order valence-electron chi connectivity index (χ1n) is 8.26. The zero-order chi connectivity index (χ0) is 17.6. The van der Waals surface area contributed by atoms with Crippen molar-refractivity contribution in [2.45, 2.75) is 32.0 Å². The fourth-order valence-corrected chi connectivity index (χ4v) is 3.56. The molecule has 0 atom stereocenters. The summed E-state index contributed by atoms with van der Waals surface area (Å²) in [6, 6.07) is 3.98. The Bertz CT molecular complexity index is 852. The van der Waals surface area contributed by atoms with E-state index in [1.807, 2.05) is 6.20 Å². The van der Waals surface area contributed by atoms with E-state index in [0.29, 0.717) is 24.7 Å². The van der Waals surface area contributed by atoms with E-state index in [4.69, 9.17) is 16.3 Å². The topological polar surface area (TPSA) is 55.3 Å². The molecule has 7 heteroatoms. The van der Waals surface area contributed by atoms with Crippen LogP contribution in [0.4, 0.5) is 4.39 Å². The molecule has 2 aliphatic heterocycles. The maximum absolute atomic E-state index is 13.9. The zero-order valence-electron chi connectivity index (χ0n) is 13.8. The van der Waals surface area contributed by atoms with E-state index >= 15 is 0 Å². The lowest BCUT2D eigenvalue weighted by Crippen LogP contribution is -2.61. The lowest BCUT2D eigenvalue weighted by molar-refractivity contribution is -0.126. The number of likely N-dealkylation sites (tertiary alicyclic amines) is 1. The van der Waals surface area contributed by atoms with Crippen molar-refractivity contribution in [3.05, 3.63) is 57.9 Å². The summed E-state index contributed by atoms with van der Waals surface area (Å²) in [4.78, 5) is 23.0. The molecule has 130 valence electrons. The Morgan fingerprint density at radius 2 is 2.24 bits per heavy atom. The minimum Gasteiger partial charge on any atom is -0.360 e. The Kier molecular flexibility index (Phi) is 3.96. The number of rotatable bonds is 3. The molecule has 0 radical (unpaired) electrons. The third-order valence-corrected chi connectivity index (χ3v) is 4.94. The lowest BCUT2D eigenvalue weighted by Gasteiger charge is -2.47. The fourth-order valence-electron chi connectivity index (χ4n) is 3.38. The van der Waals surface area contributed by atoms with Crippen molar-refractivity contribution in [1.29, 1.82) is 0 Å². The Morgan fingerprint density at radius 3 is 3.00 bits per heavy atom. The van der Waals surface area contributed by atoms with Crippen LogP contribution in [0.5, 0.6) is 0 Å². The molecule has 0 saturated carbocycles. The van der Waals surface area contributed by atoms with Crippen LogP contribution in [0.1, 0.15) is 40.8 Å². The monoisotopic (exact) mass is 361 g/mol. The highest BCUT2D eigenvalue weighted by Gasteiger charge is 2.52. The van der Waals surface area contributed by atoms with Crippen molar-refractivity contribution in [3.8, 4) is 0 Å². The second kappa shape index (κ2) is 6.04. The fraction of sp³-hybridized carbons (Fsp3) is 0.389. The molecule has 4 rings (SSSR count). The number of halogens is 2. The Balaban J connectivity index is 1.53. The van der Waals surface area contributed by atoms with Gasteiger partial charge in [-0.1, -0.05) is 18.5 Å². The summed E-state index contributed by atoms with van der Waals surface area (Å²) in [6.07, 6.45) is 3.62. The van der Waals surface area contributed by atoms with Crippen LogP contribution in [0, 0.1) is 5.82 Å². The van der Waals surface area contributed by atoms with E-state index in [1.165, 1.54) is 18.2 Å². The van der Waals surface area contributed by atoms with E-state index in [2.05, 4.69) is 16.9 Å². The molecule has 25 heavy (non-hydrogen) atoms. The molecule has 1 aromatic heterocycles. The molecule has 0 bridgehead atoms. The minimum absolute atomic E-state index is 0.0184. The smallest absolute Gasteiger partial charge is 0.257 e. The van der Waals surface area contributed by atoms with Crippen LogP contribution in [0.25, 0.3) is 0 Å². The molecule has 1 spiro atoms. The number of hydrogen-bond donors (Lipinski definition) is 0. The largest absolute Gasteiger partial charge is 0.360 e. The van der Waals surface area contributed by atoms with E-state index in [0.717, 1.165) is 29.9 Å². The molecule has 0 aliphatic carbocycles. The Morgan fingerprint density at radius 1 is 1.44 bits per heavy atom. The summed E-state index contributed by atoms with van der Waals surface area (Å²) in [5.41, 5.74) is 1.24. The summed E-state index contributed by atoms with van der Waals surface area (Å²) >= 11 is 5.88. The zero-order valence-corrected chi connectivity index (χ0v) is 14.5. The maximum atomic E-state index is 13.9. The molecule has 1 fully saturated rings. The summed E-state index contributed by atoms with van der Waals surface area (Å²) in [7, 11) is 0. The first kappa shape index (κ1) is 16.4. The number of ether oxygens (including phenoxy) is 1. The number of aryl methyl sites for hydroxylation is 1. The number of hydrogen-bond acceptors (Lipinski definition) is 4. The first-order chi connectivity index (χ1) is 12.0. The van der Waals surface area contributed by atoms with E-state index in [1.54, 1.807) is 4.90 Å². The third-order valence-electron chi connectivity index (χ3n) is 4.71. The summed E-state index contributed by atoms with van der Waals surface area (Å²) in [5.74, 6) is -0.142. The molecule has 2 aromatic rings. The average molecular weight is 362 g/mol. The van der Waals surface area contributed by atoms with Gasteiger partial charge in [-0.15, -0.1) is 0 Å². The van der Waals surface area contributed by atoms with Crippen LogP contribution in [0.3, 0.4) is 0 Å². The molecule has 1 aromatic carbocycles. The number of amides is 1. The van der Waals surface area contributed by atoms with Gasteiger partial charge in [-0.05, 0) is 24.6 Å². The quantitative estimate of drug-likeness (QED) is 0.843. The summed E-state index contributed by atoms with van der Waals surface area (Å²) in [6.45, 7) is 3.23. The Labute approximate surface area is 149 Å². The first-order valence-corrected chi connectivity index (χ1v) is 8.64. The molecule has 0 unspecified atom stereocenters. The maximum Gasteiger partial charge on any atom is 0.257 e. The van der Waals surface area contributed by atoms with E-state index in [9.17, 15) is 9.18 Å². The average Bonchev–Trinajstić information content (AvgIpc) is 2.94. The summed E-state index contributed by atoms with van der Waals surface area (Å²) in [5, 5.41) is 0.333. The van der Waals surface area contributed by atoms with Gasteiger partial charge >= 0.3 is 0 Å². The van der Waals surface area contributed by atoms with Gasteiger partial charge in [-0.3, -0.25) is 4.79 Å². The van der Waals surface area contributed by atoms with Gasteiger partial charge in [0.25, 0.3) is 5.91 Å². The molecular weight excluding hydrogens is 345 g/mol. The van der Waals surface area contributed by atoms with Crippen LogP contribution in [0.2, 0.25) is 5.02 Å². The molecular formula is C18H17ClFN3O2. The molecule has 2 aliphatic rings. The number of aromatic nitrogens is 2. The van der Waals surface area contributed by atoms with Crippen LogP contribution >= 0.6 is 11.6 Å².